The second-order valence-electron chi connectivity index (χ2n) is 0.985. The van der Waals surface area contributed by atoms with Crippen LogP contribution >= 0.6 is 0 Å². The predicted octanol–water partition coefficient (Wildman–Crippen LogP) is -0.887. The standard InChI is InChI=1S/C3H4FNO3/c4-2(3(7)8)5-1-6/h1-2H,(H,5,6)(H,7,8). The van der Waals surface area contributed by atoms with Crippen LogP contribution in [0.1, 0.15) is 0 Å². The van der Waals surface area contributed by atoms with Gasteiger partial charge in [0.25, 0.3) is 6.30 Å². The van der Waals surface area contributed by atoms with Crippen LogP contribution in [0.15, 0.2) is 0 Å². The van der Waals surface area contributed by atoms with Gasteiger partial charge in [-0.05, 0) is 0 Å². The van der Waals surface area contributed by atoms with Crippen LogP contribution in [0.5, 0.6) is 0 Å². The van der Waals surface area contributed by atoms with Crippen molar-refractivity contribution in [3.63, 3.8) is 0 Å². The van der Waals surface area contributed by atoms with E-state index in [1.165, 1.54) is 5.32 Å². The third-order valence-electron chi connectivity index (χ3n) is 0.431. The zero-order valence-electron chi connectivity index (χ0n) is 3.80. The van der Waals surface area contributed by atoms with Gasteiger partial charge in [-0.1, -0.05) is 0 Å². The third kappa shape index (κ3) is 2.12. The quantitative estimate of drug-likeness (QED) is 0.376. The van der Waals surface area contributed by atoms with E-state index >= 15 is 0 Å². The summed E-state index contributed by atoms with van der Waals surface area (Å²) in [7, 11) is 0. The van der Waals surface area contributed by atoms with Gasteiger partial charge in [-0.3, -0.25) is 4.79 Å². The third-order valence-corrected chi connectivity index (χ3v) is 0.431. The molecule has 0 rings (SSSR count). The Morgan fingerprint density at radius 2 is 2.38 bits per heavy atom. The Kier molecular flexibility index (Phi) is 2.53. The molecule has 0 bridgehead atoms. The van der Waals surface area contributed by atoms with Gasteiger partial charge in [-0.15, -0.1) is 0 Å². The van der Waals surface area contributed by atoms with E-state index in [-0.39, 0.29) is 6.41 Å². The van der Waals surface area contributed by atoms with Crippen molar-refractivity contribution in [2.75, 3.05) is 0 Å². The number of carbonyl (C=O) groups excluding carboxylic acids is 1. The monoisotopic (exact) mass is 121 g/mol. The molecule has 0 heterocycles. The van der Waals surface area contributed by atoms with Gasteiger partial charge >= 0.3 is 5.97 Å². The molecule has 2 N–H and O–H groups in total. The Labute approximate surface area is 44.3 Å². The molecule has 0 aromatic heterocycles. The molecule has 0 radical (unpaired) electrons. The highest BCUT2D eigenvalue weighted by Gasteiger charge is 2.11. The summed E-state index contributed by atoms with van der Waals surface area (Å²) >= 11 is 0. The molecular formula is C3H4FNO3. The van der Waals surface area contributed by atoms with Crippen molar-refractivity contribution >= 4 is 12.4 Å². The van der Waals surface area contributed by atoms with Crippen LogP contribution in [0.4, 0.5) is 4.39 Å². The highest BCUT2D eigenvalue weighted by atomic mass is 19.1. The lowest BCUT2D eigenvalue weighted by molar-refractivity contribution is -0.145. The van der Waals surface area contributed by atoms with Crippen LogP contribution in [-0.4, -0.2) is 23.8 Å². The number of halogens is 1. The minimum atomic E-state index is -2.28. The van der Waals surface area contributed by atoms with Crippen molar-refractivity contribution in [2.45, 2.75) is 6.30 Å². The average Bonchev–Trinajstić information content (AvgIpc) is 1.67. The number of aliphatic carboxylic acids is 1. The first-order valence-corrected chi connectivity index (χ1v) is 1.75. The van der Waals surface area contributed by atoms with Crippen molar-refractivity contribution in [1.29, 1.82) is 0 Å². The van der Waals surface area contributed by atoms with Gasteiger partial charge in [0.1, 0.15) is 0 Å². The number of hydrogen-bond acceptors (Lipinski definition) is 2. The van der Waals surface area contributed by atoms with Crippen LogP contribution < -0.4 is 5.32 Å². The zero-order valence-corrected chi connectivity index (χ0v) is 3.80. The molecule has 8 heavy (non-hydrogen) atoms. The molecule has 1 amide bonds. The van der Waals surface area contributed by atoms with E-state index in [2.05, 4.69) is 0 Å². The Hall–Kier alpha value is -1.13. The molecule has 0 saturated heterocycles. The first-order chi connectivity index (χ1) is 3.68. The minimum Gasteiger partial charge on any atom is -0.478 e. The predicted molar refractivity (Wildman–Crippen MR) is 21.7 cm³/mol. The van der Waals surface area contributed by atoms with Gasteiger partial charge < -0.3 is 10.4 Å². The number of rotatable bonds is 3. The molecule has 4 nitrogen and oxygen atoms in total. The second-order valence-corrected chi connectivity index (χ2v) is 0.985. The number of carbonyl (C=O) groups is 2. The van der Waals surface area contributed by atoms with Gasteiger partial charge in [0.2, 0.25) is 6.41 Å². The molecule has 0 aromatic rings. The molecule has 1 atom stereocenters. The summed E-state index contributed by atoms with van der Waals surface area (Å²) in [5.41, 5.74) is 0. The molecule has 0 aliphatic rings. The van der Waals surface area contributed by atoms with Crippen molar-refractivity contribution in [3.05, 3.63) is 0 Å². The summed E-state index contributed by atoms with van der Waals surface area (Å²) in [5.74, 6) is -1.70. The zero-order chi connectivity index (χ0) is 6.57. The van der Waals surface area contributed by atoms with Crippen molar-refractivity contribution < 1.29 is 19.1 Å². The van der Waals surface area contributed by atoms with Crippen molar-refractivity contribution in [3.8, 4) is 0 Å². The summed E-state index contributed by atoms with van der Waals surface area (Å²) < 4.78 is 11.6. The van der Waals surface area contributed by atoms with Crippen LogP contribution in [-0.2, 0) is 9.59 Å². The largest absolute Gasteiger partial charge is 0.478 e. The van der Waals surface area contributed by atoms with Crippen molar-refractivity contribution in [1.82, 2.24) is 5.32 Å². The topological polar surface area (TPSA) is 66.4 Å². The maximum atomic E-state index is 11.6. The molecule has 0 aromatic carbocycles. The molecule has 46 valence electrons. The molecule has 0 fully saturated rings. The Balaban J connectivity index is 3.46. The lowest BCUT2D eigenvalue weighted by atomic mass is 10.6. The Bertz CT molecular complexity index is 105. The number of amides is 1. The highest BCUT2D eigenvalue weighted by molar-refractivity contribution is 5.74. The summed E-state index contributed by atoms with van der Waals surface area (Å²) in [6.07, 6.45) is -2.30. The van der Waals surface area contributed by atoms with Gasteiger partial charge in [-0.2, -0.15) is 0 Å². The average molecular weight is 121 g/mol. The fourth-order valence-electron chi connectivity index (χ4n) is 0.131. The highest BCUT2D eigenvalue weighted by Crippen LogP contribution is 1.79. The summed E-state index contributed by atoms with van der Waals surface area (Å²) in [4.78, 5) is 18.8. The van der Waals surface area contributed by atoms with Gasteiger partial charge in [0.05, 0.1) is 0 Å². The number of nitrogens with one attached hydrogen (secondary N) is 1. The van der Waals surface area contributed by atoms with Crippen LogP contribution in [0.2, 0.25) is 0 Å². The SMILES string of the molecule is O=CNC(F)C(=O)O. The molecule has 0 saturated carbocycles. The maximum Gasteiger partial charge on any atom is 0.359 e. The maximum absolute atomic E-state index is 11.6. The van der Waals surface area contributed by atoms with Gasteiger partial charge in [-0.25, -0.2) is 9.18 Å². The van der Waals surface area contributed by atoms with E-state index < -0.39 is 12.3 Å². The molecule has 5 heteroatoms. The molecule has 0 aliphatic heterocycles. The first kappa shape index (κ1) is 6.87. The normalized spacial score (nSPS) is 12.1. The van der Waals surface area contributed by atoms with E-state index in [0.717, 1.165) is 0 Å². The minimum absolute atomic E-state index is 0.0151. The molecular weight excluding hydrogens is 117 g/mol. The lowest BCUT2D eigenvalue weighted by Gasteiger charge is -1.95. The van der Waals surface area contributed by atoms with Gasteiger partial charge in [0.15, 0.2) is 0 Å². The second kappa shape index (κ2) is 2.95. The summed E-state index contributed by atoms with van der Waals surface area (Å²) in [6.45, 7) is 0. The summed E-state index contributed by atoms with van der Waals surface area (Å²) in [6, 6.07) is 0. The van der Waals surface area contributed by atoms with Crippen LogP contribution in [0.3, 0.4) is 0 Å². The van der Waals surface area contributed by atoms with E-state index in [0.29, 0.717) is 0 Å². The summed E-state index contributed by atoms with van der Waals surface area (Å²) in [5, 5.41) is 9.11. The fourth-order valence-corrected chi connectivity index (χ4v) is 0.131. The smallest absolute Gasteiger partial charge is 0.359 e. The number of carboxylic acids is 1. The van der Waals surface area contributed by atoms with Crippen LogP contribution in [0.25, 0.3) is 0 Å². The van der Waals surface area contributed by atoms with E-state index in [4.69, 9.17) is 5.11 Å². The fraction of sp³-hybridized carbons (Fsp3) is 0.333. The number of alkyl halides is 1. The Morgan fingerprint density at radius 1 is 1.88 bits per heavy atom. The van der Waals surface area contributed by atoms with E-state index in [1.807, 2.05) is 0 Å². The Morgan fingerprint density at radius 3 is 2.50 bits per heavy atom. The molecule has 0 aliphatic carbocycles. The van der Waals surface area contributed by atoms with E-state index in [1.54, 1.807) is 0 Å². The molecule has 0 spiro atoms. The number of hydrogen-bond donors (Lipinski definition) is 2. The van der Waals surface area contributed by atoms with Crippen LogP contribution in [0, 0.1) is 0 Å². The van der Waals surface area contributed by atoms with Crippen molar-refractivity contribution in [2.24, 2.45) is 0 Å². The van der Waals surface area contributed by atoms with Gasteiger partial charge in [0, 0.05) is 0 Å². The molecule has 1 unspecified atom stereocenters. The number of carboxylic acid groups (broad SMARTS) is 1. The van der Waals surface area contributed by atoms with E-state index in [9.17, 15) is 14.0 Å². The first-order valence-electron chi connectivity index (χ1n) is 1.75. The lowest BCUT2D eigenvalue weighted by Crippen LogP contribution is -2.30.